The summed E-state index contributed by atoms with van der Waals surface area (Å²) in [7, 11) is -0.478. The number of allylic oxidation sites excluding steroid dienone is 2. The van der Waals surface area contributed by atoms with Gasteiger partial charge in [-0.1, -0.05) is 54.6 Å². The second kappa shape index (κ2) is 7.12. The first-order valence-corrected chi connectivity index (χ1v) is 11.8. The molecule has 2 aliphatic rings. The number of aryl methyl sites for hydroxylation is 4. The quantitative estimate of drug-likeness (QED) is 0.411. The molecule has 0 nitrogen and oxygen atoms in total. The summed E-state index contributed by atoms with van der Waals surface area (Å²) in [6, 6.07) is 20.3. The molecule has 0 atom stereocenters. The summed E-state index contributed by atoms with van der Waals surface area (Å²) in [5, 5.41) is 4.69. The molecular formula is C28H27P. The van der Waals surface area contributed by atoms with Gasteiger partial charge >= 0.3 is 0 Å². The van der Waals surface area contributed by atoms with Gasteiger partial charge in [0.05, 0.1) is 0 Å². The minimum Gasteiger partial charge on any atom is -0.0622 e. The fourth-order valence-corrected chi connectivity index (χ4v) is 7.48. The van der Waals surface area contributed by atoms with Crippen LogP contribution in [-0.4, -0.2) is 0 Å². The Balaban J connectivity index is 1.63. The van der Waals surface area contributed by atoms with E-state index < -0.39 is 7.92 Å². The number of rotatable bonds is 3. The third-order valence-electron chi connectivity index (χ3n) is 6.55. The Hall–Kier alpha value is -2.43. The van der Waals surface area contributed by atoms with Crippen molar-refractivity contribution in [3.05, 3.63) is 110 Å². The molecule has 0 spiro atoms. The molecule has 0 N–H and O–H groups in total. The number of benzene rings is 3. The maximum absolute atomic E-state index is 2.51. The van der Waals surface area contributed by atoms with E-state index in [0.29, 0.717) is 0 Å². The average molecular weight is 394 g/mol. The lowest BCUT2D eigenvalue weighted by Crippen LogP contribution is -2.04. The molecule has 29 heavy (non-hydrogen) atoms. The third kappa shape index (κ3) is 3.11. The van der Waals surface area contributed by atoms with E-state index in [1.807, 2.05) is 0 Å². The average Bonchev–Trinajstić information content (AvgIpc) is 3.36. The summed E-state index contributed by atoms with van der Waals surface area (Å²) in [6.45, 7) is 9.02. The Morgan fingerprint density at radius 2 is 1.00 bits per heavy atom. The van der Waals surface area contributed by atoms with Gasteiger partial charge in [-0.05, 0) is 121 Å². The molecule has 1 heteroatoms. The van der Waals surface area contributed by atoms with Crippen LogP contribution in [0.5, 0.6) is 0 Å². The Morgan fingerprint density at radius 1 is 0.552 bits per heavy atom. The van der Waals surface area contributed by atoms with Crippen molar-refractivity contribution >= 4 is 25.4 Å². The van der Waals surface area contributed by atoms with Crippen LogP contribution in [0, 0.1) is 27.7 Å². The minimum atomic E-state index is -0.478. The molecule has 0 bridgehead atoms. The molecule has 5 rings (SSSR count). The van der Waals surface area contributed by atoms with E-state index in [-0.39, 0.29) is 0 Å². The van der Waals surface area contributed by atoms with Gasteiger partial charge in [0.15, 0.2) is 0 Å². The minimum absolute atomic E-state index is 0.478. The molecule has 3 aromatic rings. The van der Waals surface area contributed by atoms with Crippen LogP contribution in [0.15, 0.2) is 65.2 Å². The molecule has 0 amide bonds. The van der Waals surface area contributed by atoms with E-state index in [9.17, 15) is 0 Å². The van der Waals surface area contributed by atoms with Crippen LogP contribution >= 0.6 is 7.92 Å². The second-order valence-electron chi connectivity index (χ2n) is 8.48. The van der Waals surface area contributed by atoms with Crippen LogP contribution in [0.25, 0.3) is 12.2 Å². The van der Waals surface area contributed by atoms with Crippen LogP contribution < -0.4 is 5.30 Å². The Labute approximate surface area is 175 Å². The summed E-state index contributed by atoms with van der Waals surface area (Å²) >= 11 is 0. The smallest absolute Gasteiger partial charge is 0.000622 e. The summed E-state index contributed by atoms with van der Waals surface area (Å²) in [5.41, 5.74) is 11.7. The Kier molecular flexibility index (Phi) is 4.56. The van der Waals surface area contributed by atoms with E-state index in [0.717, 1.165) is 12.8 Å². The highest BCUT2D eigenvalue weighted by Crippen LogP contribution is 2.59. The number of hydrogen-bond donors (Lipinski definition) is 0. The first kappa shape index (κ1) is 18.6. The van der Waals surface area contributed by atoms with Crippen molar-refractivity contribution in [3.8, 4) is 0 Å². The largest absolute Gasteiger partial charge is 0.0622 e. The van der Waals surface area contributed by atoms with Gasteiger partial charge in [0, 0.05) is 0 Å². The maximum Gasteiger partial charge on any atom is -0.000622 e. The van der Waals surface area contributed by atoms with E-state index >= 15 is 0 Å². The number of hydrogen-bond acceptors (Lipinski definition) is 0. The van der Waals surface area contributed by atoms with E-state index in [2.05, 4.69) is 94.4 Å². The van der Waals surface area contributed by atoms with Crippen molar-refractivity contribution in [1.29, 1.82) is 0 Å². The van der Waals surface area contributed by atoms with Gasteiger partial charge < -0.3 is 0 Å². The lowest BCUT2D eigenvalue weighted by atomic mass is 10.00. The van der Waals surface area contributed by atoms with Gasteiger partial charge in [0.1, 0.15) is 0 Å². The summed E-state index contributed by atoms with van der Waals surface area (Å²) < 4.78 is 0. The van der Waals surface area contributed by atoms with Crippen molar-refractivity contribution in [2.75, 3.05) is 0 Å². The standard InChI is InChI=1S/C28H27P/c1-18-10-11-19(2)26-15-23(14-25(18)26)29(22-8-6-5-7-9-22)24-16-27-20(3)12-13-21(4)28(27)17-24/h5-14,16H,15,17H2,1-4H3. The number of fused-ring (bicyclic) bond motifs is 2. The van der Waals surface area contributed by atoms with E-state index in [1.165, 1.54) is 49.8 Å². The van der Waals surface area contributed by atoms with Gasteiger partial charge in [-0.25, -0.2) is 0 Å². The molecule has 0 heterocycles. The van der Waals surface area contributed by atoms with Crippen molar-refractivity contribution in [3.63, 3.8) is 0 Å². The summed E-state index contributed by atoms with van der Waals surface area (Å²) in [6.07, 6.45) is 7.21. The van der Waals surface area contributed by atoms with E-state index in [4.69, 9.17) is 0 Å². The van der Waals surface area contributed by atoms with Crippen molar-refractivity contribution in [2.24, 2.45) is 0 Å². The van der Waals surface area contributed by atoms with Crippen LogP contribution in [-0.2, 0) is 12.8 Å². The molecule has 0 radical (unpaired) electrons. The fraction of sp³-hybridized carbons (Fsp3) is 0.214. The van der Waals surface area contributed by atoms with Gasteiger partial charge in [-0.15, -0.1) is 0 Å². The van der Waals surface area contributed by atoms with Crippen LogP contribution in [0.1, 0.15) is 44.5 Å². The fourth-order valence-electron chi connectivity index (χ4n) is 4.83. The lowest BCUT2D eigenvalue weighted by molar-refractivity contribution is 1.19. The van der Waals surface area contributed by atoms with Gasteiger partial charge in [-0.3, -0.25) is 0 Å². The first-order chi connectivity index (χ1) is 14.0. The molecule has 0 unspecified atom stereocenters. The SMILES string of the molecule is Cc1ccc(C)c2c1C=C(P(C1=Cc3c(C)ccc(C)c3C1)c1ccccc1)C2. The van der Waals surface area contributed by atoms with Gasteiger partial charge in [-0.2, -0.15) is 0 Å². The topological polar surface area (TPSA) is 0 Å². The van der Waals surface area contributed by atoms with E-state index in [1.54, 1.807) is 10.6 Å². The van der Waals surface area contributed by atoms with Crippen LogP contribution in [0.3, 0.4) is 0 Å². The molecule has 0 aromatic heterocycles. The third-order valence-corrected chi connectivity index (χ3v) is 9.08. The normalized spacial score (nSPS) is 14.7. The molecular weight excluding hydrogens is 367 g/mol. The van der Waals surface area contributed by atoms with Gasteiger partial charge in [0.25, 0.3) is 0 Å². The Morgan fingerprint density at radius 3 is 1.45 bits per heavy atom. The Bertz CT molecular complexity index is 1100. The van der Waals surface area contributed by atoms with Crippen LogP contribution in [0.2, 0.25) is 0 Å². The zero-order chi connectivity index (χ0) is 20.1. The predicted octanol–water partition coefficient (Wildman–Crippen LogP) is 7.22. The molecule has 0 saturated heterocycles. The molecule has 144 valence electrons. The monoisotopic (exact) mass is 394 g/mol. The van der Waals surface area contributed by atoms with Crippen LogP contribution in [0.4, 0.5) is 0 Å². The zero-order valence-corrected chi connectivity index (χ0v) is 18.6. The highest BCUT2D eigenvalue weighted by atomic mass is 31.1. The summed E-state index contributed by atoms with van der Waals surface area (Å²) in [5.74, 6) is 0. The van der Waals surface area contributed by atoms with Crippen molar-refractivity contribution < 1.29 is 0 Å². The van der Waals surface area contributed by atoms with Crippen molar-refractivity contribution in [1.82, 2.24) is 0 Å². The highest BCUT2D eigenvalue weighted by Gasteiger charge is 2.30. The molecule has 0 aliphatic heterocycles. The maximum atomic E-state index is 2.51. The second-order valence-corrected chi connectivity index (χ2v) is 10.8. The molecule has 0 fully saturated rings. The van der Waals surface area contributed by atoms with Crippen molar-refractivity contribution in [2.45, 2.75) is 40.5 Å². The predicted molar refractivity (Wildman–Crippen MR) is 128 cm³/mol. The highest BCUT2D eigenvalue weighted by molar-refractivity contribution is 7.74. The summed E-state index contributed by atoms with van der Waals surface area (Å²) in [4.78, 5) is 0. The molecule has 3 aromatic carbocycles. The molecule has 0 saturated carbocycles. The zero-order valence-electron chi connectivity index (χ0n) is 17.7. The van der Waals surface area contributed by atoms with Gasteiger partial charge in [0.2, 0.25) is 0 Å². The molecule has 2 aliphatic carbocycles. The lowest BCUT2D eigenvalue weighted by Gasteiger charge is -2.22. The first-order valence-electron chi connectivity index (χ1n) is 10.5.